The Labute approximate surface area is 92.3 Å². The average Bonchev–Trinajstić information content (AvgIpc) is 2.24. The van der Waals surface area contributed by atoms with E-state index in [0.29, 0.717) is 12.1 Å². The van der Waals surface area contributed by atoms with Crippen molar-refractivity contribution in [2.24, 2.45) is 0 Å². The molecule has 2 nitrogen and oxygen atoms in total. The molecule has 0 amide bonds. The number of hydrogen-bond acceptors (Lipinski definition) is 2. The van der Waals surface area contributed by atoms with Crippen LogP contribution in [0.25, 0.3) is 0 Å². The second-order valence-corrected chi connectivity index (χ2v) is 4.37. The van der Waals surface area contributed by atoms with E-state index in [2.05, 4.69) is 54.4 Å². The largest absolute Gasteiger partial charge is 0.370 e. The van der Waals surface area contributed by atoms with Gasteiger partial charge in [0.25, 0.3) is 0 Å². The summed E-state index contributed by atoms with van der Waals surface area (Å²) in [6.45, 7) is 6.67. The van der Waals surface area contributed by atoms with Gasteiger partial charge < -0.3 is 10.2 Å². The minimum Gasteiger partial charge on any atom is -0.370 e. The van der Waals surface area contributed by atoms with Gasteiger partial charge in [0.1, 0.15) is 0 Å². The van der Waals surface area contributed by atoms with E-state index in [1.54, 1.807) is 0 Å². The number of likely N-dealkylation sites (N-methyl/N-ethyl adjacent to an activating group) is 1. The third kappa shape index (κ3) is 2.51. The lowest BCUT2D eigenvalue weighted by molar-refractivity contribution is 0.284. The first-order valence-corrected chi connectivity index (χ1v) is 5.85. The maximum absolute atomic E-state index is 3.54. The molecule has 1 aromatic rings. The van der Waals surface area contributed by atoms with E-state index in [0.717, 1.165) is 13.1 Å². The SMILES string of the molecule is CCN(CC1CC(C)N1)c1ccccc1. The molecule has 1 fully saturated rings. The zero-order valence-corrected chi connectivity index (χ0v) is 9.61. The molecule has 0 bridgehead atoms. The van der Waals surface area contributed by atoms with Crippen LogP contribution in [0.1, 0.15) is 20.3 Å². The van der Waals surface area contributed by atoms with Crippen molar-refractivity contribution in [1.29, 1.82) is 0 Å². The third-order valence-corrected chi connectivity index (χ3v) is 3.10. The minimum atomic E-state index is 0.681. The van der Waals surface area contributed by atoms with E-state index in [1.165, 1.54) is 12.1 Å². The first kappa shape index (κ1) is 10.5. The molecular weight excluding hydrogens is 184 g/mol. The van der Waals surface area contributed by atoms with Gasteiger partial charge in [-0.1, -0.05) is 18.2 Å². The zero-order valence-electron chi connectivity index (χ0n) is 9.61. The molecule has 0 aromatic heterocycles. The number of benzene rings is 1. The first-order valence-electron chi connectivity index (χ1n) is 5.85. The van der Waals surface area contributed by atoms with E-state index >= 15 is 0 Å². The second-order valence-electron chi connectivity index (χ2n) is 4.37. The molecule has 0 saturated carbocycles. The van der Waals surface area contributed by atoms with Crippen LogP contribution in [0, 0.1) is 0 Å². The van der Waals surface area contributed by atoms with Crippen molar-refractivity contribution in [2.75, 3.05) is 18.0 Å². The van der Waals surface area contributed by atoms with Crippen LogP contribution < -0.4 is 10.2 Å². The quantitative estimate of drug-likeness (QED) is 0.809. The summed E-state index contributed by atoms with van der Waals surface area (Å²) in [6, 6.07) is 12.0. The number of anilines is 1. The van der Waals surface area contributed by atoms with E-state index in [-0.39, 0.29) is 0 Å². The van der Waals surface area contributed by atoms with Gasteiger partial charge in [0, 0.05) is 30.9 Å². The Bertz CT molecular complexity index is 291. The van der Waals surface area contributed by atoms with Crippen LogP contribution in [-0.4, -0.2) is 25.2 Å². The highest BCUT2D eigenvalue weighted by molar-refractivity contribution is 5.46. The van der Waals surface area contributed by atoms with Gasteiger partial charge in [0.15, 0.2) is 0 Å². The Kier molecular flexibility index (Phi) is 3.27. The number of hydrogen-bond donors (Lipinski definition) is 1. The fourth-order valence-corrected chi connectivity index (χ4v) is 2.25. The zero-order chi connectivity index (χ0) is 10.7. The molecule has 1 N–H and O–H groups in total. The summed E-state index contributed by atoms with van der Waals surface area (Å²) in [5.74, 6) is 0. The van der Waals surface area contributed by atoms with Gasteiger partial charge in [-0.25, -0.2) is 0 Å². The number of nitrogens with one attached hydrogen (secondary N) is 1. The monoisotopic (exact) mass is 204 g/mol. The summed E-state index contributed by atoms with van der Waals surface area (Å²) in [6.07, 6.45) is 1.31. The van der Waals surface area contributed by atoms with E-state index < -0.39 is 0 Å². The topological polar surface area (TPSA) is 15.3 Å². The molecule has 2 unspecified atom stereocenters. The summed E-state index contributed by atoms with van der Waals surface area (Å²) in [7, 11) is 0. The maximum Gasteiger partial charge on any atom is 0.0366 e. The molecule has 1 aliphatic rings. The molecule has 0 spiro atoms. The second kappa shape index (κ2) is 4.67. The molecule has 1 aliphatic heterocycles. The van der Waals surface area contributed by atoms with Crippen LogP contribution in [0.15, 0.2) is 30.3 Å². The molecule has 2 rings (SSSR count). The summed E-state index contributed by atoms with van der Waals surface area (Å²) >= 11 is 0. The van der Waals surface area contributed by atoms with E-state index in [4.69, 9.17) is 0 Å². The molecule has 1 heterocycles. The Morgan fingerprint density at radius 2 is 2.00 bits per heavy atom. The highest BCUT2D eigenvalue weighted by Crippen LogP contribution is 2.17. The molecule has 1 saturated heterocycles. The number of nitrogens with zero attached hydrogens (tertiary/aromatic N) is 1. The summed E-state index contributed by atoms with van der Waals surface area (Å²) in [5, 5.41) is 3.54. The lowest BCUT2D eigenvalue weighted by Crippen LogP contribution is -2.55. The normalized spacial score (nSPS) is 24.7. The van der Waals surface area contributed by atoms with Crippen molar-refractivity contribution < 1.29 is 0 Å². The van der Waals surface area contributed by atoms with Crippen molar-refractivity contribution >= 4 is 5.69 Å². The lowest BCUT2D eigenvalue weighted by atomic mass is 9.98. The van der Waals surface area contributed by atoms with E-state index in [9.17, 15) is 0 Å². The Balaban J connectivity index is 1.93. The van der Waals surface area contributed by atoms with E-state index in [1.807, 2.05) is 0 Å². The number of rotatable bonds is 4. The molecule has 15 heavy (non-hydrogen) atoms. The molecule has 82 valence electrons. The molecule has 1 aromatic carbocycles. The van der Waals surface area contributed by atoms with Gasteiger partial charge in [-0.3, -0.25) is 0 Å². The maximum atomic E-state index is 3.54. The van der Waals surface area contributed by atoms with Gasteiger partial charge in [-0.2, -0.15) is 0 Å². The molecule has 2 atom stereocenters. The first-order chi connectivity index (χ1) is 7.29. The van der Waals surface area contributed by atoms with Crippen molar-refractivity contribution in [3.63, 3.8) is 0 Å². The highest BCUT2D eigenvalue weighted by atomic mass is 15.2. The Hall–Kier alpha value is -1.02. The van der Waals surface area contributed by atoms with Crippen LogP contribution >= 0.6 is 0 Å². The number of para-hydroxylation sites is 1. The van der Waals surface area contributed by atoms with Gasteiger partial charge in [-0.05, 0) is 32.4 Å². The lowest BCUT2D eigenvalue weighted by Gasteiger charge is -2.39. The molecular formula is C13H20N2. The predicted octanol–water partition coefficient (Wildman–Crippen LogP) is 2.26. The van der Waals surface area contributed by atoms with Crippen molar-refractivity contribution in [2.45, 2.75) is 32.4 Å². The fraction of sp³-hybridized carbons (Fsp3) is 0.538. The van der Waals surface area contributed by atoms with Crippen molar-refractivity contribution in [3.8, 4) is 0 Å². The predicted molar refractivity (Wildman–Crippen MR) is 65.3 cm³/mol. The molecule has 0 aliphatic carbocycles. The fourth-order valence-electron chi connectivity index (χ4n) is 2.25. The highest BCUT2D eigenvalue weighted by Gasteiger charge is 2.25. The average molecular weight is 204 g/mol. The van der Waals surface area contributed by atoms with Crippen LogP contribution in [0.5, 0.6) is 0 Å². The van der Waals surface area contributed by atoms with Crippen molar-refractivity contribution in [1.82, 2.24) is 5.32 Å². The standard InChI is InChI=1S/C13H20N2/c1-3-15(10-12-9-11(2)14-12)13-7-5-4-6-8-13/h4-8,11-12,14H,3,9-10H2,1-2H3. The summed E-state index contributed by atoms with van der Waals surface area (Å²) < 4.78 is 0. The Morgan fingerprint density at radius 3 is 2.53 bits per heavy atom. The Morgan fingerprint density at radius 1 is 1.33 bits per heavy atom. The van der Waals surface area contributed by atoms with Crippen LogP contribution in [0.3, 0.4) is 0 Å². The summed E-state index contributed by atoms with van der Waals surface area (Å²) in [4.78, 5) is 2.43. The summed E-state index contributed by atoms with van der Waals surface area (Å²) in [5.41, 5.74) is 1.33. The third-order valence-electron chi connectivity index (χ3n) is 3.10. The van der Waals surface area contributed by atoms with Crippen LogP contribution in [0.2, 0.25) is 0 Å². The van der Waals surface area contributed by atoms with Gasteiger partial charge >= 0.3 is 0 Å². The smallest absolute Gasteiger partial charge is 0.0366 e. The van der Waals surface area contributed by atoms with Crippen LogP contribution in [-0.2, 0) is 0 Å². The molecule has 0 radical (unpaired) electrons. The van der Waals surface area contributed by atoms with Crippen molar-refractivity contribution in [3.05, 3.63) is 30.3 Å². The minimum absolute atomic E-state index is 0.681. The van der Waals surface area contributed by atoms with Gasteiger partial charge in [0.2, 0.25) is 0 Å². The molecule has 2 heteroatoms. The van der Waals surface area contributed by atoms with Gasteiger partial charge in [-0.15, -0.1) is 0 Å². The van der Waals surface area contributed by atoms with Gasteiger partial charge in [0.05, 0.1) is 0 Å². The van der Waals surface area contributed by atoms with Crippen LogP contribution in [0.4, 0.5) is 5.69 Å².